The number of nitrogens with zero attached hydrogens (tertiary/aromatic N) is 1. The SMILES string of the molecule is CCCOc1ccc(Br)cc1C=NNC(=O)CCC(=O)Nc1ccccc1. The lowest BCUT2D eigenvalue weighted by atomic mass is 10.2. The molecule has 142 valence electrons. The second-order valence-electron chi connectivity index (χ2n) is 5.74. The van der Waals surface area contributed by atoms with E-state index < -0.39 is 0 Å². The number of hydrazone groups is 1. The molecule has 2 aromatic carbocycles. The smallest absolute Gasteiger partial charge is 0.240 e. The molecule has 0 unspecified atom stereocenters. The third kappa shape index (κ3) is 7.62. The lowest BCUT2D eigenvalue weighted by molar-refractivity contribution is -0.124. The van der Waals surface area contributed by atoms with Crippen molar-refractivity contribution in [2.24, 2.45) is 5.10 Å². The summed E-state index contributed by atoms with van der Waals surface area (Å²) < 4.78 is 6.54. The number of anilines is 1. The number of rotatable bonds is 9. The van der Waals surface area contributed by atoms with E-state index in [1.54, 1.807) is 12.1 Å². The molecule has 0 spiro atoms. The second kappa shape index (κ2) is 11.1. The second-order valence-corrected chi connectivity index (χ2v) is 6.65. The highest BCUT2D eigenvalue weighted by molar-refractivity contribution is 9.10. The molecular weight excluding hydrogens is 410 g/mol. The molecule has 6 nitrogen and oxygen atoms in total. The van der Waals surface area contributed by atoms with Gasteiger partial charge in [-0.1, -0.05) is 41.1 Å². The van der Waals surface area contributed by atoms with Crippen LogP contribution in [0.3, 0.4) is 0 Å². The summed E-state index contributed by atoms with van der Waals surface area (Å²) in [5.74, 6) is 0.142. The van der Waals surface area contributed by atoms with E-state index in [4.69, 9.17) is 4.74 Å². The van der Waals surface area contributed by atoms with E-state index in [9.17, 15) is 9.59 Å². The van der Waals surface area contributed by atoms with Gasteiger partial charge in [-0.3, -0.25) is 9.59 Å². The number of halogens is 1. The van der Waals surface area contributed by atoms with Gasteiger partial charge in [-0.25, -0.2) is 5.43 Å². The predicted molar refractivity (Wildman–Crippen MR) is 110 cm³/mol. The van der Waals surface area contributed by atoms with Gasteiger partial charge in [0.25, 0.3) is 0 Å². The number of carbonyl (C=O) groups is 2. The Hall–Kier alpha value is -2.67. The predicted octanol–water partition coefficient (Wildman–Crippen LogP) is 4.11. The summed E-state index contributed by atoms with van der Waals surface area (Å²) in [5.41, 5.74) is 3.89. The third-order valence-electron chi connectivity index (χ3n) is 3.46. The highest BCUT2D eigenvalue weighted by Crippen LogP contribution is 2.22. The fourth-order valence-corrected chi connectivity index (χ4v) is 2.54. The van der Waals surface area contributed by atoms with Gasteiger partial charge >= 0.3 is 0 Å². The van der Waals surface area contributed by atoms with Gasteiger partial charge in [0, 0.05) is 28.6 Å². The summed E-state index contributed by atoms with van der Waals surface area (Å²) in [6, 6.07) is 14.7. The van der Waals surface area contributed by atoms with Gasteiger partial charge in [0.15, 0.2) is 0 Å². The normalized spacial score (nSPS) is 10.6. The first-order valence-corrected chi connectivity index (χ1v) is 9.47. The van der Waals surface area contributed by atoms with E-state index in [-0.39, 0.29) is 24.7 Å². The molecule has 0 aliphatic heterocycles. The molecule has 0 bridgehead atoms. The summed E-state index contributed by atoms with van der Waals surface area (Å²) in [6.45, 7) is 2.63. The van der Waals surface area contributed by atoms with Gasteiger partial charge in [0.05, 0.1) is 12.8 Å². The van der Waals surface area contributed by atoms with Gasteiger partial charge in [-0.05, 0) is 36.8 Å². The molecule has 0 atom stereocenters. The molecule has 0 aliphatic rings. The van der Waals surface area contributed by atoms with Crippen LogP contribution in [0.5, 0.6) is 5.75 Å². The molecule has 2 amide bonds. The van der Waals surface area contributed by atoms with Crippen LogP contribution in [0.15, 0.2) is 58.1 Å². The fourth-order valence-electron chi connectivity index (χ4n) is 2.17. The molecule has 2 aromatic rings. The zero-order valence-electron chi connectivity index (χ0n) is 15.1. The minimum Gasteiger partial charge on any atom is -0.493 e. The third-order valence-corrected chi connectivity index (χ3v) is 3.96. The maximum Gasteiger partial charge on any atom is 0.240 e. The van der Waals surface area contributed by atoms with Gasteiger partial charge in [0.2, 0.25) is 11.8 Å². The van der Waals surface area contributed by atoms with Crippen LogP contribution in [0.1, 0.15) is 31.7 Å². The van der Waals surface area contributed by atoms with Crippen molar-refractivity contribution in [3.63, 3.8) is 0 Å². The number of amides is 2. The number of hydrogen-bond acceptors (Lipinski definition) is 4. The number of hydrogen-bond donors (Lipinski definition) is 2. The molecule has 0 aliphatic carbocycles. The molecule has 0 radical (unpaired) electrons. The Morgan fingerprint density at radius 1 is 1.11 bits per heavy atom. The summed E-state index contributed by atoms with van der Waals surface area (Å²) >= 11 is 3.40. The van der Waals surface area contributed by atoms with Crippen LogP contribution >= 0.6 is 15.9 Å². The van der Waals surface area contributed by atoms with Crippen molar-refractivity contribution in [1.82, 2.24) is 5.43 Å². The average Bonchev–Trinajstić information content (AvgIpc) is 2.66. The van der Waals surface area contributed by atoms with E-state index in [0.29, 0.717) is 18.0 Å². The van der Waals surface area contributed by atoms with Crippen LogP contribution in [-0.4, -0.2) is 24.6 Å². The Morgan fingerprint density at radius 2 is 1.85 bits per heavy atom. The topological polar surface area (TPSA) is 79.8 Å². The Morgan fingerprint density at radius 3 is 2.59 bits per heavy atom. The van der Waals surface area contributed by atoms with Crippen molar-refractivity contribution < 1.29 is 14.3 Å². The van der Waals surface area contributed by atoms with Crippen LogP contribution in [0.2, 0.25) is 0 Å². The van der Waals surface area contributed by atoms with Crippen LogP contribution in [0, 0.1) is 0 Å². The monoisotopic (exact) mass is 431 g/mol. The lowest BCUT2D eigenvalue weighted by Gasteiger charge is -2.08. The summed E-state index contributed by atoms with van der Waals surface area (Å²) in [6.07, 6.45) is 2.55. The van der Waals surface area contributed by atoms with Crippen molar-refractivity contribution in [3.8, 4) is 5.75 Å². The van der Waals surface area contributed by atoms with Crippen molar-refractivity contribution in [1.29, 1.82) is 0 Å². The number of ether oxygens (including phenoxy) is 1. The lowest BCUT2D eigenvalue weighted by Crippen LogP contribution is -2.20. The largest absolute Gasteiger partial charge is 0.493 e. The van der Waals surface area contributed by atoms with Crippen LogP contribution in [0.25, 0.3) is 0 Å². The standard InChI is InChI=1S/C20H22BrN3O3/c1-2-12-27-18-9-8-16(21)13-15(18)14-22-24-20(26)11-10-19(25)23-17-6-4-3-5-7-17/h3-9,13-14H,2,10-12H2,1H3,(H,23,25)(H,24,26). The van der Waals surface area contributed by atoms with E-state index >= 15 is 0 Å². The average molecular weight is 432 g/mol. The number of benzene rings is 2. The van der Waals surface area contributed by atoms with Crippen molar-refractivity contribution in [2.75, 3.05) is 11.9 Å². The molecular formula is C20H22BrN3O3. The molecule has 0 saturated carbocycles. The van der Waals surface area contributed by atoms with Crippen LogP contribution < -0.4 is 15.5 Å². The molecule has 0 heterocycles. The first kappa shape index (κ1) is 20.6. The molecule has 0 aromatic heterocycles. The number of nitrogens with one attached hydrogen (secondary N) is 2. The highest BCUT2D eigenvalue weighted by atomic mass is 79.9. The summed E-state index contributed by atoms with van der Waals surface area (Å²) in [7, 11) is 0. The fraction of sp³-hybridized carbons (Fsp3) is 0.250. The van der Waals surface area contributed by atoms with Gasteiger partial charge in [0.1, 0.15) is 5.75 Å². The first-order valence-electron chi connectivity index (χ1n) is 8.67. The molecule has 27 heavy (non-hydrogen) atoms. The van der Waals surface area contributed by atoms with E-state index in [1.807, 2.05) is 43.3 Å². The van der Waals surface area contributed by atoms with E-state index in [2.05, 4.69) is 31.8 Å². The van der Waals surface area contributed by atoms with Crippen molar-refractivity contribution in [2.45, 2.75) is 26.2 Å². The zero-order valence-corrected chi connectivity index (χ0v) is 16.7. The summed E-state index contributed by atoms with van der Waals surface area (Å²) in [4.78, 5) is 23.7. The van der Waals surface area contributed by atoms with E-state index in [0.717, 1.165) is 16.5 Å². The first-order chi connectivity index (χ1) is 13.1. The summed E-state index contributed by atoms with van der Waals surface area (Å²) in [5, 5.41) is 6.69. The van der Waals surface area contributed by atoms with Gasteiger partial charge in [-0.15, -0.1) is 0 Å². The van der Waals surface area contributed by atoms with E-state index in [1.165, 1.54) is 6.21 Å². The maximum atomic E-state index is 11.9. The molecule has 7 heteroatoms. The molecule has 0 fully saturated rings. The maximum absolute atomic E-state index is 11.9. The Balaban J connectivity index is 1.81. The Bertz CT molecular complexity index is 794. The quantitative estimate of drug-likeness (QED) is 0.463. The van der Waals surface area contributed by atoms with Crippen LogP contribution in [-0.2, 0) is 9.59 Å². The minimum atomic E-state index is -0.333. The zero-order chi connectivity index (χ0) is 19.5. The minimum absolute atomic E-state index is 0.0493. The van der Waals surface area contributed by atoms with Crippen LogP contribution in [0.4, 0.5) is 5.69 Å². The molecule has 2 N–H and O–H groups in total. The van der Waals surface area contributed by atoms with Gasteiger partial charge in [-0.2, -0.15) is 5.10 Å². The Labute approximate surface area is 167 Å². The van der Waals surface area contributed by atoms with Crippen molar-refractivity contribution in [3.05, 3.63) is 58.6 Å². The number of para-hydroxylation sites is 1. The van der Waals surface area contributed by atoms with Gasteiger partial charge < -0.3 is 10.1 Å². The molecule has 0 saturated heterocycles. The van der Waals surface area contributed by atoms with Crippen molar-refractivity contribution >= 4 is 39.6 Å². The Kier molecular flexibility index (Phi) is 8.51. The number of carbonyl (C=O) groups excluding carboxylic acids is 2. The molecule has 2 rings (SSSR count). The highest BCUT2D eigenvalue weighted by Gasteiger charge is 2.07.